The summed E-state index contributed by atoms with van der Waals surface area (Å²) in [5.74, 6) is 0.470. The predicted octanol–water partition coefficient (Wildman–Crippen LogP) is 4.23. The van der Waals surface area contributed by atoms with E-state index in [2.05, 4.69) is 20.6 Å². The summed E-state index contributed by atoms with van der Waals surface area (Å²) >= 11 is 11.9. The predicted molar refractivity (Wildman–Crippen MR) is 94.3 cm³/mol. The summed E-state index contributed by atoms with van der Waals surface area (Å²) in [5, 5.41) is 6.64. The van der Waals surface area contributed by atoms with Crippen LogP contribution in [-0.2, 0) is 4.79 Å². The Kier molecular flexibility index (Phi) is 6.19. The van der Waals surface area contributed by atoms with Crippen LogP contribution in [0.4, 0.5) is 11.6 Å². The zero-order chi connectivity index (χ0) is 16.8. The van der Waals surface area contributed by atoms with Gasteiger partial charge in [-0.1, -0.05) is 29.3 Å². The quantitative estimate of drug-likeness (QED) is 0.763. The smallest absolute Gasteiger partial charge is 0.224 e. The third-order valence-electron chi connectivity index (χ3n) is 3.07. The first-order valence-corrected chi connectivity index (χ1v) is 8.01. The highest BCUT2D eigenvalue weighted by Gasteiger charge is 2.08. The molecule has 0 aliphatic heterocycles. The lowest BCUT2D eigenvalue weighted by Crippen LogP contribution is -2.14. The van der Waals surface area contributed by atoms with E-state index in [1.165, 1.54) is 0 Å². The van der Waals surface area contributed by atoms with E-state index in [-0.39, 0.29) is 5.91 Å². The average molecular weight is 353 g/mol. The van der Waals surface area contributed by atoms with Gasteiger partial charge in [0.2, 0.25) is 11.9 Å². The number of benzene rings is 1. The van der Waals surface area contributed by atoms with Crippen LogP contribution in [-0.4, -0.2) is 22.4 Å². The molecular weight excluding hydrogens is 335 g/mol. The van der Waals surface area contributed by atoms with Crippen molar-refractivity contribution in [3.8, 4) is 0 Å². The molecule has 2 aromatic rings. The second-order valence-corrected chi connectivity index (χ2v) is 5.94. The van der Waals surface area contributed by atoms with Crippen LogP contribution in [0.15, 0.2) is 24.3 Å². The summed E-state index contributed by atoms with van der Waals surface area (Å²) in [6.45, 7) is 4.45. The zero-order valence-corrected chi connectivity index (χ0v) is 14.5. The number of rotatable bonds is 6. The maximum Gasteiger partial charge on any atom is 0.224 e. The third-order valence-corrected chi connectivity index (χ3v) is 3.89. The number of amides is 1. The van der Waals surface area contributed by atoms with Crippen molar-refractivity contribution in [1.82, 2.24) is 9.97 Å². The molecule has 0 saturated carbocycles. The number of aryl methyl sites for hydroxylation is 2. The molecule has 0 radical (unpaired) electrons. The Morgan fingerprint density at radius 3 is 2.57 bits per heavy atom. The summed E-state index contributed by atoms with van der Waals surface area (Å²) in [6.07, 6.45) is 1.01. The van der Waals surface area contributed by atoms with Gasteiger partial charge in [0.1, 0.15) is 0 Å². The molecule has 1 aromatic heterocycles. The summed E-state index contributed by atoms with van der Waals surface area (Å²) < 4.78 is 0. The number of nitrogens with zero attached hydrogens (tertiary/aromatic N) is 2. The number of anilines is 2. The minimum Gasteiger partial charge on any atom is -0.354 e. The number of carbonyl (C=O) groups is 1. The molecule has 0 unspecified atom stereocenters. The van der Waals surface area contributed by atoms with Crippen LogP contribution in [0.5, 0.6) is 0 Å². The SMILES string of the molecule is Cc1cc(C)nc(NCCCC(=O)Nc2cccc(Cl)c2Cl)n1. The topological polar surface area (TPSA) is 66.9 Å². The van der Waals surface area contributed by atoms with Crippen molar-refractivity contribution < 1.29 is 4.79 Å². The number of hydrogen-bond acceptors (Lipinski definition) is 4. The Balaban J connectivity index is 1.77. The Morgan fingerprint density at radius 2 is 1.87 bits per heavy atom. The molecule has 122 valence electrons. The lowest BCUT2D eigenvalue weighted by atomic mass is 10.2. The molecule has 1 aromatic carbocycles. The lowest BCUT2D eigenvalue weighted by Gasteiger charge is -2.09. The molecule has 5 nitrogen and oxygen atoms in total. The molecule has 0 atom stereocenters. The summed E-state index contributed by atoms with van der Waals surface area (Å²) in [4.78, 5) is 20.5. The van der Waals surface area contributed by atoms with Crippen LogP contribution in [0.1, 0.15) is 24.2 Å². The van der Waals surface area contributed by atoms with E-state index in [1.807, 2.05) is 19.9 Å². The molecule has 1 heterocycles. The van der Waals surface area contributed by atoms with Gasteiger partial charge in [0.15, 0.2) is 0 Å². The Labute approximate surface area is 145 Å². The number of hydrogen-bond donors (Lipinski definition) is 2. The van der Waals surface area contributed by atoms with Crippen LogP contribution in [0.2, 0.25) is 10.0 Å². The van der Waals surface area contributed by atoms with E-state index < -0.39 is 0 Å². The van der Waals surface area contributed by atoms with E-state index in [9.17, 15) is 4.79 Å². The highest BCUT2D eigenvalue weighted by atomic mass is 35.5. The van der Waals surface area contributed by atoms with Gasteiger partial charge in [-0.2, -0.15) is 0 Å². The van der Waals surface area contributed by atoms with E-state index >= 15 is 0 Å². The first kappa shape index (κ1) is 17.5. The van der Waals surface area contributed by atoms with E-state index in [0.717, 1.165) is 11.4 Å². The summed E-state index contributed by atoms with van der Waals surface area (Å²) in [7, 11) is 0. The van der Waals surface area contributed by atoms with E-state index in [4.69, 9.17) is 23.2 Å². The van der Waals surface area contributed by atoms with Crippen LogP contribution in [0.25, 0.3) is 0 Å². The zero-order valence-electron chi connectivity index (χ0n) is 13.0. The largest absolute Gasteiger partial charge is 0.354 e. The van der Waals surface area contributed by atoms with Gasteiger partial charge in [-0.15, -0.1) is 0 Å². The van der Waals surface area contributed by atoms with Crippen LogP contribution in [0, 0.1) is 13.8 Å². The highest BCUT2D eigenvalue weighted by Crippen LogP contribution is 2.29. The van der Waals surface area contributed by atoms with Crippen molar-refractivity contribution >= 4 is 40.7 Å². The van der Waals surface area contributed by atoms with Gasteiger partial charge in [0, 0.05) is 24.4 Å². The molecule has 2 rings (SSSR count). The van der Waals surface area contributed by atoms with Gasteiger partial charge in [0.25, 0.3) is 0 Å². The fraction of sp³-hybridized carbons (Fsp3) is 0.312. The summed E-state index contributed by atoms with van der Waals surface area (Å²) in [5.41, 5.74) is 2.34. The average Bonchev–Trinajstić information content (AvgIpc) is 2.47. The normalized spacial score (nSPS) is 10.4. The number of halogens is 2. The molecule has 0 aliphatic rings. The van der Waals surface area contributed by atoms with Gasteiger partial charge >= 0.3 is 0 Å². The van der Waals surface area contributed by atoms with Crippen molar-refractivity contribution in [3.63, 3.8) is 0 Å². The lowest BCUT2D eigenvalue weighted by molar-refractivity contribution is -0.116. The fourth-order valence-corrected chi connectivity index (χ4v) is 2.41. The molecule has 0 aliphatic carbocycles. The van der Waals surface area contributed by atoms with Gasteiger partial charge < -0.3 is 10.6 Å². The highest BCUT2D eigenvalue weighted by molar-refractivity contribution is 6.43. The second-order valence-electron chi connectivity index (χ2n) is 5.15. The number of aromatic nitrogens is 2. The van der Waals surface area contributed by atoms with Crippen LogP contribution < -0.4 is 10.6 Å². The Bertz CT molecular complexity index is 686. The molecule has 2 N–H and O–H groups in total. The third kappa shape index (κ3) is 5.37. The number of nitrogens with one attached hydrogen (secondary N) is 2. The van der Waals surface area contributed by atoms with Crippen molar-refractivity contribution in [2.24, 2.45) is 0 Å². The van der Waals surface area contributed by atoms with E-state index in [0.29, 0.717) is 41.1 Å². The maximum atomic E-state index is 11.9. The van der Waals surface area contributed by atoms with Crippen molar-refractivity contribution in [1.29, 1.82) is 0 Å². The van der Waals surface area contributed by atoms with Gasteiger partial charge in [-0.05, 0) is 38.5 Å². The molecule has 0 bridgehead atoms. The van der Waals surface area contributed by atoms with Gasteiger partial charge in [-0.3, -0.25) is 4.79 Å². The molecule has 23 heavy (non-hydrogen) atoms. The molecular formula is C16H18Cl2N4O. The fourth-order valence-electron chi connectivity index (χ4n) is 2.07. The Morgan fingerprint density at radius 1 is 1.17 bits per heavy atom. The van der Waals surface area contributed by atoms with Crippen molar-refractivity contribution in [2.75, 3.05) is 17.2 Å². The molecule has 1 amide bonds. The molecule has 7 heteroatoms. The standard InChI is InChI=1S/C16H18Cl2N4O/c1-10-9-11(2)21-16(20-10)19-8-4-7-14(23)22-13-6-3-5-12(17)15(13)18/h3,5-6,9H,4,7-8H2,1-2H3,(H,22,23)(H,19,20,21). The first-order chi connectivity index (χ1) is 11.0. The van der Waals surface area contributed by atoms with Gasteiger partial charge in [0.05, 0.1) is 15.7 Å². The minimum atomic E-state index is -0.114. The number of carbonyl (C=O) groups excluding carboxylic acids is 1. The van der Waals surface area contributed by atoms with Crippen LogP contribution >= 0.6 is 23.2 Å². The molecule has 0 saturated heterocycles. The van der Waals surface area contributed by atoms with Crippen molar-refractivity contribution in [2.45, 2.75) is 26.7 Å². The molecule has 0 spiro atoms. The maximum absolute atomic E-state index is 11.9. The molecule has 0 fully saturated rings. The Hall–Kier alpha value is -1.85. The van der Waals surface area contributed by atoms with E-state index in [1.54, 1.807) is 18.2 Å². The van der Waals surface area contributed by atoms with Gasteiger partial charge in [-0.25, -0.2) is 9.97 Å². The van der Waals surface area contributed by atoms with Crippen molar-refractivity contribution in [3.05, 3.63) is 45.7 Å². The first-order valence-electron chi connectivity index (χ1n) is 7.25. The minimum absolute atomic E-state index is 0.114. The summed E-state index contributed by atoms with van der Waals surface area (Å²) in [6, 6.07) is 7.04. The monoisotopic (exact) mass is 352 g/mol. The second kappa shape index (κ2) is 8.13. The van der Waals surface area contributed by atoms with Crippen LogP contribution in [0.3, 0.4) is 0 Å².